The van der Waals surface area contributed by atoms with Crippen LogP contribution < -0.4 is 0 Å². The van der Waals surface area contributed by atoms with E-state index in [1.165, 1.54) is 57.8 Å². The first-order valence-electron chi connectivity index (χ1n) is 9.21. The van der Waals surface area contributed by atoms with Crippen molar-refractivity contribution in [1.29, 1.82) is 0 Å². The van der Waals surface area contributed by atoms with Crippen LogP contribution in [-0.2, 0) is 0 Å². The quantitative estimate of drug-likeness (QED) is 0.283. The molecule has 0 spiro atoms. The van der Waals surface area contributed by atoms with Gasteiger partial charge in [-0.2, -0.15) is 0 Å². The zero-order valence-electron chi connectivity index (χ0n) is 14.8. The molecule has 0 saturated carbocycles. The van der Waals surface area contributed by atoms with Crippen molar-refractivity contribution in [2.24, 2.45) is 0 Å². The van der Waals surface area contributed by atoms with Crippen molar-refractivity contribution in [1.82, 2.24) is 0 Å². The van der Waals surface area contributed by atoms with Gasteiger partial charge in [-0.25, -0.2) is 0 Å². The average molecular weight is 392 g/mol. The van der Waals surface area contributed by atoms with E-state index < -0.39 is 19.8 Å². The summed E-state index contributed by atoms with van der Waals surface area (Å²) in [5.41, 5.74) is 0. The molecule has 1 N–H and O–H groups in total. The fraction of sp³-hybridized carbons (Fsp3) is 1.00. The standard InChI is InChI=1S/C6H14O.3C4H9.Sn/c1-2-3-4-5-6-7;3*1-3-4-2;/h7H,2-6H2,1H3;3*1,3-4H2,2H3;. The molecular formula is C18H41OSn. The zero-order chi connectivity index (χ0) is 15.5. The Morgan fingerprint density at radius 1 is 0.550 bits per heavy atom. The van der Waals surface area contributed by atoms with Gasteiger partial charge in [0.15, 0.2) is 0 Å². The van der Waals surface area contributed by atoms with Crippen LogP contribution in [0.25, 0.3) is 0 Å². The van der Waals surface area contributed by atoms with Gasteiger partial charge in [-0.1, -0.05) is 26.2 Å². The van der Waals surface area contributed by atoms with Crippen LogP contribution in [0.1, 0.15) is 91.9 Å². The maximum atomic E-state index is 8.29. The molecule has 0 aromatic heterocycles. The van der Waals surface area contributed by atoms with Gasteiger partial charge in [0.2, 0.25) is 0 Å². The van der Waals surface area contributed by atoms with Gasteiger partial charge in [0, 0.05) is 6.61 Å². The molecule has 2 heteroatoms. The van der Waals surface area contributed by atoms with Crippen LogP contribution in [0, 0.1) is 0 Å². The van der Waals surface area contributed by atoms with E-state index in [-0.39, 0.29) is 0 Å². The van der Waals surface area contributed by atoms with Crippen molar-refractivity contribution in [2.45, 2.75) is 105 Å². The number of hydrogen-bond donors (Lipinski definition) is 1. The maximum absolute atomic E-state index is 8.29. The minimum atomic E-state index is -0.839. The van der Waals surface area contributed by atoms with Gasteiger partial charge in [0.05, 0.1) is 0 Å². The summed E-state index contributed by atoms with van der Waals surface area (Å²) in [5, 5.41) is 8.29. The molecule has 0 aromatic carbocycles. The number of rotatable bonds is 13. The third-order valence-electron chi connectivity index (χ3n) is 3.66. The molecule has 0 aliphatic carbocycles. The Kier molecular flexibility index (Phi) is 25.4. The Balaban J connectivity index is 0. The van der Waals surface area contributed by atoms with Crippen LogP contribution in [0.2, 0.25) is 13.3 Å². The van der Waals surface area contributed by atoms with Crippen molar-refractivity contribution in [2.75, 3.05) is 6.61 Å². The molecule has 0 amide bonds. The Morgan fingerprint density at radius 3 is 1.25 bits per heavy atom. The molecule has 0 aliphatic rings. The second-order valence-corrected chi connectivity index (χ2v) is 14.4. The summed E-state index contributed by atoms with van der Waals surface area (Å²) in [4.78, 5) is 0. The van der Waals surface area contributed by atoms with Crippen molar-refractivity contribution in [3.05, 3.63) is 0 Å². The van der Waals surface area contributed by atoms with Crippen LogP contribution in [0.5, 0.6) is 0 Å². The number of aliphatic hydroxyl groups is 1. The monoisotopic (exact) mass is 393 g/mol. The van der Waals surface area contributed by atoms with Gasteiger partial charge in [0.1, 0.15) is 0 Å². The van der Waals surface area contributed by atoms with Gasteiger partial charge in [-0.05, 0) is 6.42 Å². The molecule has 0 fully saturated rings. The van der Waals surface area contributed by atoms with Gasteiger partial charge < -0.3 is 5.11 Å². The molecule has 0 atom stereocenters. The Bertz CT molecular complexity index is 127. The summed E-state index contributed by atoms with van der Waals surface area (Å²) in [6.07, 6.45) is 13.5. The van der Waals surface area contributed by atoms with E-state index in [1.54, 1.807) is 13.3 Å². The van der Waals surface area contributed by atoms with Crippen molar-refractivity contribution >= 4 is 19.8 Å². The summed E-state index contributed by atoms with van der Waals surface area (Å²) >= 11 is -0.839. The molecule has 0 rings (SSSR count). The zero-order valence-corrected chi connectivity index (χ0v) is 17.7. The third kappa shape index (κ3) is 21.1. The summed E-state index contributed by atoms with van der Waals surface area (Å²) in [6, 6.07) is 0. The summed E-state index contributed by atoms with van der Waals surface area (Å²) in [5.74, 6) is 0. The number of hydrogen-bond acceptors (Lipinski definition) is 1. The number of aliphatic hydroxyl groups excluding tert-OH is 1. The average Bonchev–Trinajstić information content (AvgIpc) is 2.48. The third-order valence-corrected chi connectivity index (χ3v) is 12.7. The summed E-state index contributed by atoms with van der Waals surface area (Å²) in [7, 11) is 0. The van der Waals surface area contributed by atoms with E-state index in [1.807, 2.05) is 0 Å². The van der Waals surface area contributed by atoms with Crippen molar-refractivity contribution in [3.8, 4) is 0 Å². The molecule has 1 nitrogen and oxygen atoms in total. The molecule has 0 bridgehead atoms. The van der Waals surface area contributed by atoms with E-state index in [0.29, 0.717) is 6.61 Å². The van der Waals surface area contributed by atoms with E-state index in [0.717, 1.165) is 6.42 Å². The minimum absolute atomic E-state index is 0.361. The molecule has 1 radical (unpaired) electrons. The molecule has 0 aliphatic heterocycles. The predicted octanol–water partition coefficient (Wildman–Crippen LogP) is 6.44. The van der Waals surface area contributed by atoms with E-state index in [2.05, 4.69) is 27.7 Å². The van der Waals surface area contributed by atoms with Gasteiger partial charge in [0.25, 0.3) is 0 Å². The molecule has 123 valence electrons. The fourth-order valence-electron chi connectivity index (χ4n) is 2.19. The Morgan fingerprint density at radius 2 is 0.950 bits per heavy atom. The first kappa shape index (κ1) is 23.0. The predicted molar refractivity (Wildman–Crippen MR) is 96.1 cm³/mol. The van der Waals surface area contributed by atoms with Crippen molar-refractivity contribution in [3.63, 3.8) is 0 Å². The van der Waals surface area contributed by atoms with Crippen LogP contribution in [0.15, 0.2) is 0 Å². The van der Waals surface area contributed by atoms with Gasteiger partial charge >= 0.3 is 92.4 Å². The molecule has 20 heavy (non-hydrogen) atoms. The van der Waals surface area contributed by atoms with Gasteiger partial charge in [-0.15, -0.1) is 0 Å². The SMILES string of the molecule is CCCCCCO.CCC[CH2][Sn]([CH2]CCC)[CH2]CCC. The van der Waals surface area contributed by atoms with Gasteiger partial charge in [-0.3, -0.25) is 0 Å². The summed E-state index contributed by atoms with van der Waals surface area (Å²) < 4.78 is 5.04. The molecular weight excluding hydrogens is 351 g/mol. The van der Waals surface area contributed by atoms with E-state index in [9.17, 15) is 0 Å². The summed E-state index contributed by atoms with van der Waals surface area (Å²) in [6.45, 7) is 9.53. The first-order chi connectivity index (χ1) is 9.76. The molecule has 0 aromatic rings. The second-order valence-electron chi connectivity index (χ2n) is 5.84. The number of unbranched alkanes of at least 4 members (excludes halogenated alkanes) is 6. The first-order valence-corrected chi connectivity index (χ1v) is 15.3. The van der Waals surface area contributed by atoms with Crippen molar-refractivity contribution < 1.29 is 5.11 Å². The molecule has 0 unspecified atom stereocenters. The normalized spacial score (nSPS) is 10.5. The molecule has 0 heterocycles. The van der Waals surface area contributed by atoms with E-state index in [4.69, 9.17) is 5.11 Å². The van der Waals surface area contributed by atoms with Crippen LogP contribution in [0.3, 0.4) is 0 Å². The van der Waals surface area contributed by atoms with Crippen LogP contribution >= 0.6 is 0 Å². The Hall–Kier alpha value is 0.759. The topological polar surface area (TPSA) is 20.2 Å². The van der Waals surface area contributed by atoms with E-state index >= 15 is 0 Å². The fourth-order valence-corrected chi connectivity index (χ4v) is 11.6. The van der Waals surface area contributed by atoms with Crippen LogP contribution in [-0.4, -0.2) is 31.5 Å². The Labute approximate surface area is 136 Å². The van der Waals surface area contributed by atoms with Crippen LogP contribution in [0.4, 0.5) is 0 Å². The second kappa shape index (κ2) is 22.0. The molecule has 0 saturated heterocycles.